The molecule has 0 N–H and O–H groups in total. The second kappa shape index (κ2) is 10.5. The molecular formula is C24H24ClFN4O2S. The molecule has 0 radical (unpaired) electrons. The van der Waals surface area contributed by atoms with Gasteiger partial charge >= 0.3 is 0 Å². The number of carbonyl (C=O) groups is 1. The summed E-state index contributed by atoms with van der Waals surface area (Å²) in [5.41, 5.74) is 1.67. The van der Waals surface area contributed by atoms with E-state index >= 15 is 0 Å². The predicted molar refractivity (Wildman–Crippen MR) is 128 cm³/mol. The highest BCUT2D eigenvalue weighted by Crippen LogP contribution is 2.45. The summed E-state index contributed by atoms with van der Waals surface area (Å²) in [4.78, 5) is 19.4. The average Bonchev–Trinajstić information content (AvgIpc) is 2.94. The molecule has 1 aliphatic rings. The summed E-state index contributed by atoms with van der Waals surface area (Å²) in [6, 6.07) is 11.4. The zero-order chi connectivity index (χ0) is 23.4. The van der Waals surface area contributed by atoms with E-state index in [1.54, 1.807) is 36.4 Å². The van der Waals surface area contributed by atoms with Crippen LogP contribution in [-0.2, 0) is 4.79 Å². The van der Waals surface area contributed by atoms with Crippen LogP contribution in [0.1, 0.15) is 51.3 Å². The van der Waals surface area contributed by atoms with Crippen LogP contribution >= 0.6 is 23.4 Å². The minimum atomic E-state index is -1.06. The van der Waals surface area contributed by atoms with E-state index in [-0.39, 0.29) is 23.8 Å². The van der Waals surface area contributed by atoms with Crippen molar-refractivity contribution >= 4 is 35.0 Å². The summed E-state index contributed by atoms with van der Waals surface area (Å²) < 4.78 is 21.2. The van der Waals surface area contributed by atoms with E-state index in [0.717, 1.165) is 18.6 Å². The maximum absolute atomic E-state index is 14.9. The molecule has 1 amide bonds. The van der Waals surface area contributed by atoms with Crippen LogP contribution in [0.3, 0.4) is 0 Å². The van der Waals surface area contributed by atoms with Gasteiger partial charge in [-0.15, -0.1) is 10.2 Å². The Morgan fingerprint density at radius 1 is 1.18 bits per heavy atom. The Labute approximate surface area is 201 Å². The lowest BCUT2D eigenvalue weighted by molar-refractivity contribution is -0.120. The van der Waals surface area contributed by atoms with Crippen molar-refractivity contribution in [2.45, 2.75) is 50.9 Å². The largest absolute Gasteiger partial charge is 0.447 e. The lowest BCUT2D eigenvalue weighted by Crippen LogP contribution is -2.38. The number of aromatic nitrogens is 3. The van der Waals surface area contributed by atoms with Gasteiger partial charge in [0.1, 0.15) is 5.82 Å². The fraction of sp³-hybridized carbons (Fsp3) is 0.333. The molecule has 6 nitrogen and oxygen atoms in total. The number of rotatable bonds is 7. The van der Waals surface area contributed by atoms with E-state index in [1.807, 2.05) is 6.92 Å². The number of benzene rings is 2. The van der Waals surface area contributed by atoms with Gasteiger partial charge in [-0.3, -0.25) is 9.69 Å². The fourth-order valence-electron chi connectivity index (χ4n) is 3.59. The Morgan fingerprint density at radius 3 is 2.76 bits per heavy atom. The maximum Gasteiger partial charge on any atom is 0.247 e. The van der Waals surface area contributed by atoms with Gasteiger partial charge < -0.3 is 4.74 Å². The van der Waals surface area contributed by atoms with Crippen molar-refractivity contribution in [1.82, 2.24) is 15.2 Å². The third-order valence-corrected chi connectivity index (χ3v) is 6.36. The molecule has 0 saturated heterocycles. The molecule has 33 heavy (non-hydrogen) atoms. The highest BCUT2D eigenvalue weighted by Gasteiger charge is 2.37. The number of nitrogens with zero attached hydrogens (tertiary/aromatic N) is 4. The van der Waals surface area contributed by atoms with Crippen molar-refractivity contribution in [2.24, 2.45) is 0 Å². The Hall–Kier alpha value is -2.71. The first-order valence-electron chi connectivity index (χ1n) is 10.9. The quantitative estimate of drug-likeness (QED) is 0.282. The summed E-state index contributed by atoms with van der Waals surface area (Å²) in [6.45, 7) is 4.03. The molecule has 9 heteroatoms. The first kappa shape index (κ1) is 23.4. The Balaban J connectivity index is 1.90. The third-order valence-electron chi connectivity index (χ3n) is 5.20. The van der Waals surface area contributed by atoms with Crippen molar-refractivity contribution in [3.05, 3.63) is 58.9 Å². The molecule has 0 spiro atoms. The molecule has 1 atom stereocenters. The van der Waals surface area contributed by atoms with Gasteiger partial charge in [0.25, 0.3) is 0 Å². The van der Waals surface area contributed by atoms with Gasteiger partial charge in [0.05, 0.1) is 5.69 Å². The van der Waals surface area contributed by atoms with Crippen LogP contribution in [0.4, 0.5) is 10.1 Å². The van der Waals surface area contributed by atoms with Gasteiger partial charge in [0, 0.05) is 28.3 Å². The minimum absolute atomic E-state index is 0.188. The number of hydrogen-bond donors (Lipinski definition) is 0. The predicted octanol–water partition coefficient (Wildman–Crippen LogP) is 6.45. The van der Waals surface area contributed by atoms with E-state index in [2.05, 4.69) is 22.1 Å². The molecule has 1 aliphatic heterocycles. The van der Waals surface area contributed by atoms with Gasteiger partial charge in [-0.1, -0.05) is 61.8 Å². The third kappa shape index (κ3) is 4.96. The van der Waals surface area contributed by atoms with Crippen molar-refractivity contribution in [3.8, 4) is 17.1 Å². The van der Waals surface area contributed by atoms with Crippen LogP contribution in [0.5, 0.6) is 5.88 Å². The first-order chi connectivity index (χ1) is 16.0. The number of hydrogen-bond acceptors (Lipinski definition) is 6. The SMILES string of the molecule is CCCCSc1nnc2c(n1)OC(c1ccccc1F)N(C(=O)CCC)c1ccc(Cl)cc1-2. The molecule has 3 aromatic rings. The molecule has 1 aromatic heterocycles. The molecule has 0 saturated carbocycles. The number of halogens is 2. The van der Waals surface area contributed by atoms with E-state index in [9.17, 15) is 9.18 Å². The molecule has 172 valence electrons. The first-order valence-corrected chi connectivity index (χ1v) is 12.3. The monoisotopic (exact) mass is 486 g/mol. The summed E-state index contributed by atoms with van der Waals surface area (Å²) in [5, 5.41) is 9.57. The summed E-state index contributed by atoms with van der Waals surface area (Å²) in [7, 11) is 0. The van der Waals surface area contributed by atoms with Gasteiger partial charge in [-0.05, 0) is 37.1 Å². The number of thioether (sulfide) groups is 1. The van der Waals surface area contributed by atoms with E-state index in [0.29, 0.717) is 33.5 Å². The van der Waals surface area contributed by atoms with Crippen molar-refractivity contribution < 1.29 is 13.9 Å². The molecular weight excluding hydrogens is 463 g/mol. The highest BCUT2D eigenvalue weighted by molar-refractivity contribution is 7.99. The summed E-state index contributed by atoms with van der Waals surface area (Å²) in [5.74, 6) is 0.354. The van der Waals surface area contributed by atoms with Gasteiger partial charge in [0.2, 0.25) is 23.2 Å². The van der Waals surface area contributed by atoms with Crippen molar-refractivity contribution in [2.75, 3.05) is 10.7 Å². The highest BCUT2D eigenvalue weighted by atomic mass is 35.5. The van der Waals surface area contributed by atoms with Gasteiger partial charge in [-0.25, -0.2) is 4.39 Å². The van der Waals surface area contributed by atoms with E-state index < -0.39 is 12.0 Å². The number of unbranched alkanes of at least 4 members (excludes halogenated alkanes) is 1. The van der Waals surface area contributed by atoms with Crippen molar-refractivity contribution in [3.63, 3.8) is 0 Å². The molecule has 4 rings (SSSR count). The lowest BCUT2D eigenvalue weighted by atomic mass is 10.1. The van der Waals surface area contributed by atoms with Crippen LogP contribution in [0.2, 0.25) is 5.02 Å². The minimum Gasteiger partial charge on any atom is -0.447 e. The Morgan fingerprint density at radius 2 is 2.00 bits per heavy atom. The molecule has 0 fully saturated rings. The molecule has 2 heterocycles. The van der Waals surface area contributed by atoms with Crippen LogP contribution in [0.15, 0.2) is 47.6 Å². The lowest BCUT2D eigenvalue weighted by Gasteiger charge is -2.31. The van der Waals surface area contributed by atoms with Gasteiger partial charge in [-0.2, -0.15) is 4.98 Å². The average molecular weight is 487 g/mol. The number of amides is 1. The standard InChI is InChI=1S/C24H24ClFN4O2S/c1-3-5-13-33-24-27-22-21(28-29-24)17-14-15(25)11-12-19(17)30(20(31)8-4-2)23(32-22)16-9-6-7-10-18(16)26/h6-7,9-12,14,23H,3-5,8,13H2,1-2H3. The van der Waals surface area contributed by atoms with Crippen LogP contribution in [-0.4, -0.2) is 26.8 Å². The van der Waals surface area contributed by atoms with Crippen molar-refractivity contribution in [1.29, 1.82) is 0 Å². The maximum atomic E-state index is 14.9. The normalized spacial score (nSPS) is 14.8. The van der Waals surface area contributed by atoms with Crippen LogP contribution < -0.4 is 9.64 Å². The second-order valence-corrected chi connectivity index (χ2v) is 9.12. The fourth-order valence-corrected chi connectivity index (χ4v) is 4.62. The Kier molecular flexibility index (Phi) is 7.45. The second-order valence-electron chi connectivity index (χ2n) is 7.62. The zero-order valence-electron chi connectivity index (χ0n) is 18.4. The molecule has 1 unspecified atom stereocenters. The molecule has 0 aliphatic carbocycles. The summed E-state index contributed by atoms with van der Waals surface area (Å²) in [6.07, 6.45) is 1.91. The zero-order valence-corrected chi connectivity index (χ0v) is 20.0. The topological polar surface area (TPSA) is 68.2 Å². The summed E-state index contributed by atoms with van der Waals surface area (Å²) >= 11 is 7.78. The Bertz CT molecular complexity index is 1160. The molecule has 0 bridgehead atoms. The van der Waals surface area contributed by atoms with Gasteiger partial charge in [0.15, 0.2) is 5.69 Å². The number of anilines is 1. The smallest absolute Gasteiger partial charge is 0.247 e. The van der Waals surface area contributed by atoms with Crippen LogP contribution in [0.25, 0.3) is 11.3 Å². The van der Waals surface area contributed by atoms with E-state index in [1.165, 1.54) is 22.7 Å². The number of ether oxygens (including phenoxy) is 1. The number of carbonyl (C=O) groups excluding carboxylic acids is 1. The number of fused-ring (bicyclic) bond motifs is 3. The molecule has 2 aromatic carbocycles. The van der Waals surface area contributed by atoms with Crippen LogP contribution in [0, 0.1) is 5.82 Å². The van der Waals surface area contributed by atoms with E-state index in [4.69, 9.17) is 16.3 Å².